The molecular weight excluding hydrogens is 332 g/mol. The van der Waals surface area contributed by atoms with Crippen LogP contribution < -0.4 is 5.73 Å². The Bertz CT molecular complexity index is 595. The topological polar surface area (TPSA) is 68.2 Å². The Kier molecular flexibility index (Phi) is 5.50. The smallest absolute Gasteiger partial charge is 0.259 e. The highest BCUT2D eigenvalue weighted by Gasteiger charge is 2.18. The van der Waals surface area contributed by atoms with Gasteiger partial charge in [0.1, 0.15) is 0 Å². The summed E-state index contributed by atoms with van der Waals surface area (Å²) in [7, 11) is 0. The second-order valence-electron chi connectivity index (χ2n) is 5.03. The first-order chi connectivity index (χ1) is 10.0. The van der Waals surface area contributed by atoms with Gasteiger partial charge in [-0.3, -0.25) is 0 Å². The Morgan fingerprint density at radius 1 is 1.33 bits per heavy atom. The predicted molar refractivity (Wildman–Crippen MR) is 86.9 cm³/mol. The number of nitrogens with two attached hydrogens (primary N) is 1. The molecule has 2 rings (SSSR count). The number of rotatable bonds is 6. The number of aromatic nitrogens is 2. The zero-order chi connectivity index (χ0) is 15.4. The number of hydrogen-bond donors (Lipinski definition) is 1. The fourth-order valence-electron chi connectivity index (χ4n) is 2.14. The van der Waals surface area contributed by atoms with E-state index < -0.39 is 0 Å². The molecule has 0 saturated heterocycles. The summed E-state index contributed by atoms with van der Waals surface area (Å²) in [5.41, 5.74) is 8.20. The molecule has 2 N–H and O–H groups in total. The van der Waals surface area contributed by atoms with E-state index in [1.54, 1.807) is 0 Å². The molecule has 6 heteroatoms. The summed E-state index contributed by atoms with van der Waals surface area (Å²) in [6.07, 6.45) is 0. The third-order valence-electron chi connectivity index (χ3n) is 3.47. The molecule has 0 aliphatic carbocycles. The minimum Gasteiger partial charge on any atom is -0.334 e. The van der Waals surface area contributed by atoms with E-state index in [9.17, 15) is 0 Å². The van der Waals surface area contributed by atoms with Crippen molar-refractivity contribution in [2.75, 3.05) is 19.6 Å². The summed E-state index contributed by atoms with van der Waals surface area (Å²) in [6.45, 7) is 8.89. The van der Waals surface area contributed by atoms with Crippen LogP contribution in [0.5, 0.6) is 0 Å². The van der Waals surface area contributed by atoms with Gasteiger partial charge in [-0.25, -0.2) is 0 Å². The Labute approximate surface area is 133 Å². The SMILES string of the molecule is CCN(CC)CC(N)c1noc(-c2cc(C)ccc2Br)n1. The van der Waals surface area contributed by atoms with Crippen LogP contribution in [0.25, 0.3) is 11.5 Å². The molecule has 21 heavy (non-hydrogen) atoms. The van der Waals surface area contributed by atoms with Gasteiger partial charge in [0.2, 0.25) is 0 Å². The number of nitrogens with zero attached hydrogens (tertiary/aromatic N) is 3. The van der Waals surface area contributed by atoms with Crippen molar-refractivity contribution in [3.8, 4) is 11.5 Å². The van der Waals surface area contributed by atoms with Gasteiger partial charge in [0, 0.05) is 11.0 Å². The molecule has 1 aromatic heterocycles. The lowest BCUT2D eigenvalue weighted by Crippen LogP contribution is -2.32. The van der Waals surface area contributed by atoms with Crippen LogP contribution in [0.1, 0.15) is 31.3 Å². The zero-order valence-corrected chi connectivity index (χ0v) is 14.2. The molecule has 2 aromatic rings. The van der Waals surface area contributed by atoms with Crippen molar-refractivity contribution >= 4 is 15.9 Å². The van der Waals surface area contributed by atoms with Crippen molar-refractivity contribution in [3.63, 3.8) is 0 Å². The molecule has 114 valence electrons. The van der Waals surface area contributed by atoms with E-state index in [1.165, 1.54) is 0 Å². The minimum atomic E-state index is -0.244. The molecule has 0 spiro atoms. The summed E-state index contributed by atoms with van der Waals surface area (Å²) in [6, 6.07) is 5.77. The third kappa shape index (κ3) is 3.90. The van der Waals surface area contributed by atoms with Gasteiger partial charge in [-0.2, -0.15) is 4.98 Å². The number of hydrogen-bond acceptors (Lipinski definition) is 5. The number of halogens is 1. The molecule has 1 aromatic carbocycles. The Balaban J connectivity index is 2.19. The number of benzene rings is 1. The highest BCUT2D eigenvalue weighted by Crippen LogP contribution is 2.28. The van der Waals surface area contributed by atoms with Crippen LogP contribution in [0.3, 0.4) is 0 Å². The van der Waals surface area contributed by atoms with Crippen molar-refractivity contribution in [2.24, 2.45) is 5.73 Å². The first-order valence-electron chi connectivity index (χ1n) is 7.13. The monoisotopic (exact) mass is 352 g/mol. The van der Waals surface area contributed by atoms with E-state index in [0.717, 1.165) is 35.2 Å². The standard InChI is InChI=1S/C15H21BrN4O/c1-4-20(5-2)9-13(17)14-18-15(21-19-14)11-8-10(3)6-7-12(11)16/h6-8,13H,4-5,9,17H2,1-3H3. The summed E-state index contributed by atoms with van der Waals surface area (Å²) in [5.74, 6) is 1.04. The van der Waals surface area contributed by atoms with E-state index in [2.05, 4.69) is 44.8 Å². The second-order valence-corrected chi connectivity index (χ2v) is 5.89. The lowest BCUT2D eigenvalue weighted by molar-refractivity contribution is 0.278. The van der Waals surface area contributed by atoms with Crippen molar-refractivity contribution < 1.29 is 4.52 Å². The number of aryl methyl sites for hydroxylation is 1. The molecule has 0 amide bonds. The van der Waals surface area contributed by atoms with Gasteiger partial charge in [-0.15, -0.1) is 0 Å². The highest BCUT2D eigenvalue weighted by atomic mass is 79.9. The van der Waals surface area contributed by atoms with Crippen molar-refractivity contribution in [2.45, 2.75) is 26.8 Å². The second kappa shape index (κ2) is 7.15. The number of likely N-dealkylation sites (N-methyl/N-ethyl adjacent to an activating group) is 1. The summed E-state index contributed by atoms with van der Waals surface area (Å²) < 4.78 is 6.30. The molecule has 1 heterocycles. The Morgan fingerprint density at radius 3 is 2.71 bits per heavy atom. The van der Waals surface area contributed by atoms with Crippen LogP contribution >= 0.6 is 15.9 Å². The molecule has 0 fully saturated rings. The fourth-order valence-corrected chi connectivity index (χ4v) is 2.56. The molecule has 0 aliphatic rings. The molecule has 1 atom stereocenters. The maximum Gasteiger partial charge on any atom is 0.259 e. The lowest BCUT2D eigenvalue weighted by Gasteiger charge is -2.20. The maximum absolute atomic E-state index is 6.17. The summed E-state index contributed by atoms with van der Waals surface area (Å²) in [4.78, 5) is 6.68. The average molecular weight is 353 g/mol. The minimum absolute atomic E-state index is 0.244. The first kappa shape index (κ1) is 16.1. The molecule has 0 aliphatic heterocycles. The van der Waals surface area contributed by atoms with Crippen LogP contribution in [0.4, 0.5) is 0 Å². The highest BCUT2D eigenvalue weighted by molar-refractivity contribution is 9.10. The Morgan fingerprint density at radius 2 is 2.05 bits per heavy atom. The quantitative estimate of drug-likeness (QED) is 0.864. The van der Waals surface area contributed by atoms with Crippen LogP contribution in [-0.2, 0) is 0 Å². The van der Waals surface area contributed by atoms with Crippen LogP contribution in [0.2, 0.25) is 0 Å². The predicted octanol–water partition coefficient (Wildman–Crippen LogP) is 3.15. The average Bonchev–Trinajstić information content (AvgIpc) is 2.96. The molecule has 0 saturated carbocycles. The van der Waals surface area contributed by atoms with Gasteiger partial charge in [0.05, 0.1) is 11.6 Å². The zero-order valence-electron chi connectivity index (χ0n) is 12.6. The molecule has 0 radical (unpaired) electrons. The van der Waals surface area contributed by atoms with Crippen molar-refractivity contribution in [3.05, 3.63) is 34.1 Å². The van der Waals surface area contributed by atoms with E-state index in [-0.39, 0.29) is 6.04 Å². The van der Waals surface area contributed by atoms with E-state index >= 15 is 0 Å². The lowest BCUT2D eigenvalue weighted by atomic mass is 10.1. The molecule has 1 unspecified atom stereocenters. The molecule has 5 nitrogen and oxygen atoms in total. The normalized spacial score (nSPS) is 12.9. The van der Waals surface area contributed by atoms with Gasteiger partial charge in [0.15, 0.2) is 5.82 Å². The summed E-state index contributed by atoms with van der Waals surface area (Å²) >= 11 is 3.51. The fraction of sp³-hybridized carbons (Fsp3) is 0.467. The van der Waals surface area contributed by atoms with Crippen LogP contribution in [0, 0.1) is 6.92 Å². The summed E-state index contributed by atoms with van der Waals surface area (Å²) in [5, 5.41) is 4.03. The van der Waals surface area contributed by atoms with Gasteiger partial charge < -0.3 is 15.2 Å². The van der Waals surface area contributed by atoms with Gasteiger partial charge >= 0.3 is 0 Å². The van der Waals surface area contributed by atoms with Crippen LogP contribution in [0.15, 0.2) is 27.2 Å². The van der Waals surface area contributed by atoms with Gasteiger partial charge in [0.25, 0.3) is 5.89 Å². The van der Waals surface area contributed by atoms with E-state index in [4.69, 9.17) is 10.3 Å². The van der Waals surface area contributed by atoms with Gasteiger partial charge in [-0.1, -0.05) is 30.6 Å². The third-order valence-corrected chi connectivity index (χ3v) is 4.17. The van der Waals surface area contributed by atoms with Crippen LogP contribution in [-0.4, -0.2) is 34.7 Å². The maximum atomic E-state index is 6.17. The molecular formula is C15H21BrN4O. The molecule has 0 bridgehead atoms. The van der Waals surface area contributed by atoms with Gasteiger partial charge in [-0.05, 0) is 48.1 Å². The first-order valence-corrected chi connectivity index (χ1v) is 7.92. The van der Waals surface area contributed by atoms with Crippen molar-refractivity contribution in [1.29, 1.82) is 0 Å². The largest absolute Gasteiger partial charge is 0.334 e. The Hall–Kier alpha value is -1.24. The van der Waals surface area contributed by atoms with E-state index in [1.807, 2.05) is 25.1 Å². The van der Waals surface area contributed by atoms with E-state index in [0.29, 0.717) is 11.7 Å². The van der Waals surface area contributed by atoms with Crippen molar-refractivity contribution in [1.82, 2.24) is 15.0 Å².